The van der Waals surface area contributed by atoms with Gasteiger partial charge in [-0.2, -0.15) is 0 Å². The Kier molecular flexibility index (Phi) is 4.89. The smallest absolute Gasteiger partial charge is 0.320 e. The van der Waals surface area contributed by atoms with Crippen LogP contribution < -0.4 is 15.4 Å². The molecule has 2 aromatic heterocycles. The lowest BCUT2D eigenvalue weighted by Gasteiger charge is -2.13. The summed E-state index contributed by atoms with van der Waals surface area (Å²) >= 11 is 1.68. The quantitative estimate of drug-likeness (QED) is 0.886. The summed E-state index contributed by atoms with van der Waals surface area (Å²) in [6.45, 7) is 1.96. The normalized spacial score (nSPS) is 11.7. The summed E-state index contributed by atoms with van der Waals surface area (Å²) in [6.07, 6.45) is 2.14. The van der Waals surface area contributed by atoms with Crippen molar-refractivity contribution in [2.75, 3.05) is 12.4 Å². The molecule has 0 bridgehead atoms. The molecule has 0 aromatic carbocycles. The molecule has 0 unspecified atom stereocenters. The van der Waals surface area contributed by atoms with Crippen molar-refractivity contribution in [3.63, 3.8) is 0 Å². The van der Waals surface area contributed by atoms with E-state index in [-0.39, 0.29) is 12.1 Å². The van der Waals surface area contributed by atoms with E-state index in [2.05, 4.69) is 26.7 Å². The van der Waals surface area contributed by atoms with Gasteiger partial charge in [0.05, 0.1) is 7.11 Å². The zero-order chi connectivity index (χ0) is 14.4. The van der Waals surface area contributed by atoms with E-state index in [1.807, 2.05) is 18.4 Å². The number of nitrogens with zero attached hydrogens (tertiary/aromatic N) is 2. The van der Waals surface area contributed by atoms with E-state index in [1.165, 1.54) is 18.3 Å². The van der Waals surface area contributed by atoms with Crippen LogP contribution in [0.5, 0.6) is 5.88 Å². The molecule has 0 aliphatic heterocycles. The lowest BCUT2D eigenvalue weighted by molar-refractivity contribution is 0.249. The lowest BCUT2D eigenvalue weighted by Crippen LogP contribution is -2.37. The van der Waals surface area contributed by atoms with Gasteiger partial charge in [0.15, 0.2) is 0 Å². The monoisotopic (exact) mass is 292 g/mol. The summed E-state index contributed by atoms with van der Waals surface area (Å²) in [5.41, 5.74) is 0. The van der Waals surface area contributed by atoms with E-state index in [9.17, 15) is 4.79 Å². The van der Waals surface area contributed by atoms with Crippen LogP contribution in [-0.2, 0) is 6.42 Å². The van der Waals surface area contributed by atoms with Gasteiger partial charge < -0.3 is 10.1 Å². The number of carbonyl (C=O) groups is 1. The maximum Gasteiger partial charge on any atom is 0.320 e. The van der Waals surface area contributed by atoms with Gasteiger partial charge in [-0.15, -0.1) is 11.3 Å². The molecule has 2 N–H and O–H groups in total. The maximum absolute atomic E-state index is 11.8. The molecular weight excluding hydrogens is 276 g/mol. The molecule has 2 rings (SSSR count). The third-order valence-corrected chi connectivity index (χ3v) is 3.46. The first-order valence-corrected chi connectivity index (χ1v) is 7.01. The summed E-state index contributed by atoms with van der Waals surface area (Å²) in [4.78, 5) is 20.9. The molecule has 2 heterocycles. The Hall–Kier alpha value is -2.15. The third kappa shape index (κ3) is 4.20. The van der Waals surface area contributed by atoms with Crippen LogP contribution in [0.3, 0.4) is 0 Å². The first-order chi connectivity index (χ1) is 9.67. The fourth-order valence-corrected chi connectivity index (χ4v) is 2.51. The van der Waals surface area contributed by atoms with E-state index in [4.69, 9.17) is 4.74 Å². The van der Waals surface area contributed by atoms with Gasteiger partial charge in [-0.25, -0.2) is 14.8 Å². The molecular formula is C13H16N4O2S. The number of nitrogens with one attached hydrogen (secondary N) is 2. The highest BCUT2D eigenvalue weighted by Crippen LogP contribution is 2.12. The lowest BCUT2D eigenvalue weighted by atomic mass is 10.2. The number of urea groups is 1. The van der Waals surface area contributed by atoms with Gasteiger partial charge in [-0.1, -0.05) is 6.07 Å². The highest BCUT2D eigenvalue weighted by atomic mass is 32.1. The van der Waals surface area contributed by atoms with Crippen molar-refractivity contribution in [3.8, 4) is 5.88 Å². The van der Waals surface area contributed by atoms with Gasteiger partial charge in [0.1, 0.15) is 12.1 Å². The van der Waals surface area contributed by atoms with Crippen molar-refractivity contribution in [2.24, 2.45) is 0 Å². The molecule has 0 aliphatic carbocycles. The second-order valence-electron chi connectivity index (χ2n) is 4.23. The largest absolute Gasteiger partial charge is 0.481 e. The van der Waals surface area contributed by atoms with Crippen molar-refractivity contribution in [3.05, 3.63) is 34.8 Å². The Morgan fingerprint density at radius 3 is 3.05 bits per heavy atom. The SMILES string of the molecule is COc1cc(NC(=O)N[C@H](C)Cc2cccs2)ncn1. The first kappa shape index (κ1) is 14.3. The molecule has 0 radical (unpaired) electrons. The van der Waals surface area contributed by atoms with Crippen LogP contribution in [0.4, 0.5) is 10.6 Å². The molecule has 20 heavy (non-hydrogen) atoms. The van der Waals surface area contributed by atoms with Crippen LogP contribution in [-0.4, -0.2) is 29.2 Å². The van der Waals surface area contributed by atoms with Crippen molar-refractivity contribution < 1.29 is 9.53 Å². The van der Waals surface area contributed by atoms with Crippen LogP contribution in [0.2, 0.25) is 0 Å². The summed E-state index contributed by atoms with van der Waals surface area (Å²) in [5.74, 6) is 0.805. The molecule has 0 saturated carbocycles. The highest BCUT2D eigenvalue weighted by Gasteiger charge is 2.09. The Balaban J connectivity index is 1.85. The second-order valence-corrected chi connectivity index (χ2v) is 5.26. The number of thiophene rings is 1. The number of amides is 2. The Bertz CT molecular complexity index is 559. The Labute approximate surface area is 121 Å². The number of hydrogen-bond donors (Lipinski definition) is 2. The summed E-state index contributed by atoms with van der Waals surface area (Å²) < 4.78 is 4.97. The second kappa shape index (κ2) is 6.85. The number of aromatic nitrogens is 2. The van der Waals surface area contributed by atoms with Crippen molar-refractivity contribution in [1.82, 2.24) is 15.3 Å². The minimum Gasteiger partial charge on any atom is -0.481 e. The Morgan fingerprint density at radius 2 is 2.35 bits per heavy atom. The van der Waals surface area contributed by atoms with Crippen LogP contribution in [0.25, 0.3) is 0 Å². The van der Waals surface area contributed by atoms with Gasteiger partial charge >= 0.3 is 6.03 Å². The van der Waals surface area contributed by atoms with E-state index in [0.717, 1.165) is 6.42 Å². The minimum absolute atomic E-state index is 0.0392. The van der Waals surface area contributed by atoms with Gasteiger partial charge in [0, 0.05) is 23.4 Å². The number of carbonyl (C=O) groups excluding carboxylic acids is 1. The fourth-order valence-electron chi connectivity index (χ4n) is 1.68. The minimum atomic E-state index is -0.296. The van der Waals surface area contributed by atoms with E-state index in [1.54, 1.807) is 17.4 Å². The fraction of sp³-hybridized carbons (Fsp3) is 0.308. The molecule has 1 atom stereocenters. The number of methoxy groups -OCH3 is 1. The number of ether oxygens (including phenoxy) is 1. The molecule has 0 spiro atoms. The first-order valence-electron chi connectivity index (χ1n) is 6.13. The zero-order valence-electron chi connectivity index (χ0n) is 11.3. The number of hydrogen-bond acceptors (Lipinski definition) is 5. The molecule has 106 valence electrons. The Morgan fingerprint density at radius 1 is 1.50 bits per heavy atom. The molecule has 6 nitrogen and oxygen atoms in total. The van der Waals surface area contributed by atoms with Crippen LogP contribution in [0, 0.1) is 0 Å². The molecule has 2 aromatic rings. The molecule has 2 amide bonds. The van der Waals surface area contributed by atoms with E-state index in [0.29, 0.717) is 11.7 Å². The summed E-state index contributed by atoms with van der Waals surface area (Å²) in [5, 5.41) is 7.53. The van der Waals surface area contributed by atoms with E-state index < -0.39 is 0 Å². The molecule has 0 saturated heterocycles. The predicted molar refractivity (Wildman–Crippen MR) is 78.2 cm³/mol. The maximum atomic E-state index is 11.8. The highest BCUT2D eigenvalue weighted by molar-refractivity contribution is 7.09. The third-order valence-electron chi connectivity index (χ3n) is 2.56. The van der Waals surface area contributed by atoms with Crippen molar-refractivity contribution in [2.45, 2.75) is 19.4 Å². The molecule has 0 aliphatic rings. The zero-order valence-corrected chi connectivity index (χ0v) is 12.1. The van der Waals surface area contributed by atoms with Crippen molar-refractivity contribution in [1.29, 1.82) is 0 Å². The number of rotatable bonds is 5. The summed E-state index contributed by atoms with van der Waals surface area (Å²) in [6, 6.07) is 5.35. The van der Waals surface area contributed by atoms with Crippen molar-refractivity contribution >= 4 is 23.2 Å². The van der Waals surface area contributed by atoms with Crippen LogP contribution in [0.1, 0.15) is 11.8 Å². The van der Waals surface area contributed by atoms with Crippen LogP contribution in [0.15, 0.2) is 29.9 Å². The number of anilines is 1. The average Bonchev–Trinajstić information content (AvgIpc) is 2.91. The van der Waals surface area contributed by atoms with Crippen LogP contribution >= 0.6 is 11.3 Å². The standard InChI is InChI=1S/C13H16N4O2S/c1-9(6-10-4-3-5-20-10)16-13(18)17-11-7-12(19-2)15-8-14-11/h3-5,7-9H,6H2,1-2H3,(H2,14,15,16,17,18)/t9-/m1/s1. The van der Waals surface area contributed by atoms with Gasteiger partial charge in [-0.05, 0) is 18.4 Å². The average molecular weight is 292 g/mol. The van der Waals surface area contributed by atoms with E-state index >= 15 is 0 Å². The molecule has 0 fully saturated rings. The predicted octanol–water partition coefficient (Wildman–Crippen LogP) is 2.30. The summed E-state index contributed by atoms with van der Waals surface area (Å²) in [7, 11) is 1.51. The van der Waals surface area contributed by atoms with Gasteiger partial charge in [-0.3, -0.25) is 5.32 Å². The van der Waals surface area contributed by atoms with Gasteiger partial charge in [0.25, 0.3) is 0 Å². The molecule has 7 heteroatoms. The topological polar surface area (TPSA) is 76.1 Å². The van der Waals surface area contributed by atoms with Gasteiger partial charge in [0.2, 0.25) is 5.88 Å².